The van der Waals surface area contributed by atoms with E-state index in [1.54, 1.807) is 12.1 Å². The van der Waals surface area contributed by atoms with Gasteiger partial charge in [0.15, 0.2) is 0 Å². The Kier molecular flexibility index (Phi) is 3.97. The number of benzene rings is 1. The van der Waals surface area contributed by atoms with Crippen LogP contribution in [0.3, 0.4) is 0 Å². The Balaban J connectivity index is 1.86. The van der Waals surface area contributed by atoms with Crippen LogP contribution in [0.25, 0.3) is 5.65 Å². The van der Waals surface area contributed by atoms with Gasteiger partial charge in [0.25, 0.3) is 5.91 Å². The summed E-state index contributed by atoms with van der Waals surface area (Å²) in [6.45, 7) is 3.82. The second-order valence-corrected chi connectivity index (χ2v) is 5.36. The molecule has 2 heterocycles. The fourth-order valence-corrected chi connectivity index (χ4v) is 2.19. The number of nitrogens with one attached hydrogen (secondary N) is 1. The molecule has 0 saturated carbocycles. The van der Waals surface area contributed by atoms with Crippen LogP contribution in [-0.2, 0) is 0 Å². The zero-order chi connectivity index (χ0) is 16.4. The summed E-state index contributed by atoms with van der Waals surface area (Å²) in [5.74, 6) is -0.183. The van der Waals surface area contributed by atoms with Crippen molar-refractivity contribution >= 4 is 17.2 Å². The number of halogens is 1. The summed E-state index contributed by atoms with van der Waals surface area (Å²) >= 11 is 0. The number of amides is 1. The first-order valence-electron chi connectivity index (χ1n) is 7.24. The number of hydrogen-bond donors (Lipinski definition) is 1. The molecule has 0 spiro atoms. The van der Waals surface area contributed by atoms with Gasteiger partial charge in [0.05, 0.1) is 11.8 Å². The average Bonchev–Trinajstić information content (AvgIpc) is 2.92. The van der Waals surface area contributed by atoms with Crippen LogP contribution in [0.4, 0.5) is 10.1 Å². The van der Waals surface area contributed by atoms with Gasteiger partial charge in [0.2, 0.25) is 0 Å². The van der Waals surface area contributed by atoms with Crippen LogP contribution in [0.1, 0.15) is 24.3 Å². The SMILES string of the molecule is CC(C)Oc1ccccc1NC(=O)c1cn2cc(F)ccc2n1. The molecule has 2 aromatic heterocycles. The van der Waals surface area contributed by atoms with E-state index >= 15 is 0 Å². The number of rotatable bonds is 4. The molecule has 1 aromatic carbocycles. The average molecular weight is 313 g/mol. The summed E-state index contributed by atoms with van der Waals surface area (Å²) in [4.78, 5) is 16.6. The van der Waals surface area contributed by atoms with Crippen molar-refractivity contribution in [3.63, 3.8) is 0 Å². The van der Waals surface area contributed by atoms with E-state index in [2.05, 4.69) is 10.3 Å². The lowest BCUT2D eigenvalue weighted by molar-refractivity contribution is 0.102. The van der Waals surface area contributed by atoms with Crippen LogP contribution in [0, 0.1) is 5.82 Å². The standard InChI is InChI=1S/C17H16FN3O2/c1-11(2)23-15-6-4-3-5-13(15)20-17(22)14-10-21-9-12(18)7-8-16(21)19-14/h3-11H,1-2H3,(H,20,22). The number of carbonyl (C=O) groups is 1. The quantitative estimate of drug-likeness (QED) is 0.802. The van der Waals surface area contributed by atoms with Crippen molar-refractivity contribution in [2.24, 2.45) is 0 Å². The second kappa shape index (κ2) is 6.08. The van der Waals surface area contributed by atoms with E-state index in [1.165, 1.54) is 28.9 Å². The topological polar surface area (TPSA) is 55.6 Å². The first-order chi connectivity index (χ1) is 11.0. The highest BCUT2D eigenvalue weighted by atomic mass is 19.1. The number of fused-ring (bicyclic) bond motifs is 1. The number of ether oxygens (including phenoxy) is 1. The van der Waals surface area contributed by atoms with E-state index in [0.717, 1.165) is 0 Å². The van der Waals surface area contributed by atoms with Gasteiger partial charge in [-0.25, -0.2) is 9.37 Å². The first kappa shape index (κ1) is 15.0. The van der Waals surface area contributed by atoms with Crippen LogP contribution < -0.4 is 10.1 Å². The number of imidazole rings is 1. The second-order valence-electron chi connectivity index (χ2n) is 5.36. The minimum absolute atomic E-state index is 0.00813. The van der Waals surface area contributed by atoms with E-state index in [1.807, 2.05) is 26.0 Å². The summed E-state index contributed by atoms with van der Waals surface area (Å²) < 4.78 is 20.3. The Bertz CT molecular complexity index is 858. The van der Waals surface area contributed by atoms with Crippen molar-refractivity contribution in [3.05, 3.63) is 60.3 Å². The highest BCUT2D eigenvalue weighted by Gasteiger charge is 2.14. The molecule has 0 bridgehead atoms. The van der Waals surface area contributed by atoms with E-state index in [-0.39, 0.29) is 17.7 Å². The van der Waals surface area contributed by atoms with Crippen molar-refractivity contribution in [3.8, 4) is 5.75 Å². The molecule has 1 N–H and O–H groups in total. The smallest absolute Gasteiger partial charge is 0.275 e. The number of anilines is 1. The molecular formula is C17H16FN3O2. The van der Waals surface area contributed by atoms with Gasteiger partial charge >= 0.3 is 0 Å². The molecule has 0 radical (unpaired) electrons. The molecule has 3 rings (SSSR count). The number of aromatic nitrogens is 2. The van der Waals surface area contributed by atoms with E-state index < -0.39 is 5.82 Å². The lowest BCUT2D eigenvalue weighted by atomic mass is 10.2. The van der Waals surface area contributed by atoms with Crippen molar-refractivity contribution in [1.82, 2.24) is 9.38 Å². The maximum absolute atomic E-state index is 13.2. The normalized spacial score (nSPS) is 11.0. The summed E-state index contributed by atoms with van der Waals surface area (Å²) in [5.41, 5.74) is 1.27. The minimum Gasteiger partial charge on any atom is -0.489 e. The Morgan fingerprint density at radius 1 is 1.22 bits per heavy atom. The van der Waals surface area contributed by atoms with Gasteiger partial charge in [-0.2, -0.15) is 0 Å². The Morgan fingerprint density at radius 3 is 2.78 bits per heavy atom. The third-order valence-corrected chi connectivity index (χ3v) is 3.15. The van der Waals surface area contributed by atoms with E-state index in [4.69, 9.17) is 4.74 Å². The molecule has 0 aliphatic heterocycles. The lowest BCUT2D eigenvalue weighted by Gasteiger charge is -2.14. The number of hydrogen-bond acceptors (Lipinski definition) is 3. The zero-order valence-corrected chi connectivity index (χ0v) is 12.8. The number of nitrogens with zero attached hydrogens (tertiary/aromatic N) is 2. The fraction of sp³-hybridized carbons (Fsp3) is 0.176. The van der Waals surface area contributed by atoms with Crippen LogP contribution in [0.2, 0.25) is 0 Å². The minimum atomic E-state index is -0.391. The Morgan fingerprint density at radius 2 is 2.00 bits per heavy atom. The van der Waals surface area contributed by atoms with Crippen LogP contribution in [0.5, 0.6) is 5.75 Å². The highest BCUT2D eigenvalue weighted by Crippen LogP contribution is 2.25. The molecule has 0 fully saturated rings. The molecule has 0 aliphatic rings. The molecule has 0 saturated heterocycles. The predicted molar refractivity (Wildman–Crippen MR) is 85.3 cm³/mol. The molecule has 1 amide bonds. The summed E-state index contributed by atoms with van der Waals surface area (Å²) in [6.07, 6.45) is 2.75. The maximum atomic E-state index is 13.2. The molecule has 6 heteroatoms. The Labute approximate surface area is 132 Å². The van der Waals surface area contributed by atoms with Crippen molar-refractivity contribution < 1.29 is 13.9 Å². The third kappa shape index (κ3) is 3.31. The van der Waals surface area contributed by atoms with Gasteiger partial charge in [0.1, 0.15) is 22.9 Å². The van der Waals surface area contributed by atoms with Gasteiger partial charge in [-0.1, -0.05) is 12.1 Å². The molecule has 0 atom stereocenters. The van der Waals surface area contributed by atoms with Crippen LogP contribution in [-0.4, -0.2) is 21.4 Å². The van der Waals surface area contributed by atoms with Gasteiger partial charge in [-0.3, -0.25) is 4.79 Å². The van der Waals surface area contributed by atoms with Gasteiger partial charge in [-0.05, 0) is 38.1 Å². The highest BCUT2D eigenvalue weighted by molar-refractivity contribution is 6.04. The first-order valence-corrected chi connectivity index (χ1v) is 7.24. The van der Waals surface area contributed by atoms with Crippen molar-refractivity contribution in [2.45, 2.75) is 20.0 Å². The van der Waals surface area contributed by atoms with Crippen LogP contribution in [0.15, 0.2) is 48.8 Å². The van der Waals surface area contributed by atoms with E-state index in [9.17, 15) is 9.18 Å². The number of pyridine rings is 1. The summed E-state index contributed by atoms with van der Waals surface area (Å²) in [7, 11) is 0. The monoisotopic (exact) mass is 313 g/mol. The molecule has 23 heavy (non-hydrogen) atoms. The lowest BCUT2D eigenvalue weighted by Crippen LogP contribution is -2.14. The largest absolute Gasteiger partial charge is 0.489 e. The number of carbonyl (C=O) groups excluding carboxylic acids is 1. The molecule has 0 unspecified atom stereocenters. The van der Waals surface area contributed by atoms with Gasteiger partial charge < -0.3 is 14.5 Å². The molecule has 5 nitrogen and oxygen atoms in total. The number of para-hydroxylation sites is 2. The van der Waals surface area contributed by atoms with Crippen molar-refractivity contribution in [1.29, 1.82) is 0 Å². The summed E-state index contributed by atoms with van der Waals surface area (Å²) in [6, 6.07) is 10.0. The van der Waals surface area contributed by atoms with E-state index in [0.29, 0.717) is 17.1 Å². The fourth-order valence-electron chi connectivity index (χ4n) is 2.19. The predicted octanol–water partition coefficient (Wildman–Crippen LogP) is 3.51. The molecular weight excluding hydrogens is 297 g/mol. The van der Waals surface area contributed by atoms with Crippen molar-refractivity contribution in [2.75, 3.05) is 5.32 Å². The molecule has 0 aliphatic carbocycles. The molecule has 118 valence electrons. The van der Waals surface area contributed by atoms with Gasteiger partial charge in [-0.15, -0.1) is 0 Å². The summed E-state index contributed by atoms with van der Waals surface area (Å²) in [5, 5.41) is 2.77. The molecule has 3 aromatic rings. The van der Waals surface area contributed by atoms with Crippen LogP contribution >= 0.6 is 0 Å². The Hall–Kier alpha value is -2.89. The maximum Gasteiger partial charge on any atom is 0.275 e. The zero-order valence-electron chi connectivity index (χ0n) is 12.8. The third-order valence-electron chi connectivity index (χ3n) is 3.15. The van der Waals surface area contributed by atoms with Gasteiger partial charge in [0, 0.05) is 12.4 Å².